The van der Waals surface area contributed by atoms with Gasteiger partial charge in [-0.2, -0.15) is 0 Å². The lowest BCUT2D eigenvalue weighted by atomic mass is 9.58. The van der Waals surface area contributed by atoms with Crippen molar-refractivity contribution in [3.05, 3.63) is 0 Å². The minimum absolute atomic E-state index is 0.0470. The molecule has 0 heterocycles. The molecule has 3 rings (SSSR count). The van der Waals surface area contributed by atoms with Crippen molar-refractivity contribution in [2.75, 3.05) is 0 Å². The lowest BCUT2D eigenvalue weighted by molar-refractivity contribution is -0.147. The predicted octanol–water partition coefficient (Wildman–Crippen LogP) is 0.0616. The molecule has 0 atom stereocenters. The Bertz CT molecular complexity index is 215. The maximum Gasteiger partial charge on any atom is 0.240 e. The van der Waals surface area contributed by atoms with Crippen LogP contribution >= 0.6 is 0 Å². The van der Waals surface area contributed by atoms with E-state index in [9.17, 15) is 9.90 Å². The highest BCUT2D eigenvalue weighted by atomic mass is 16.3. The van der Waals surface area contributed by atoms with E-state index in [0.717, 1.165) is 38.5 Å². The van der Waals surface area contributed by atoms with Gasteiger partial charge in [0.1, 0.15) is 0 Å². The number of hydrogen-bond donors (Lipinski definition) is 3. The molecule has 4 nitrogen and oxygen atoms in total. The second-order valence-electron chi connectivity index (χ2n) is 4.48. The number of nitrogens with two attached hydrogens (primary N) is 1. The molecule has 0 aliphatic heterocycles. The van der Waals surface area contributed by atoms with Gasteiger partial charge in [0.05, 0.1) is 11.0 Å². The smallest absolute Gasteiger partial charge is 0.240 e. The minimum atomic E-state index is -0.476. The number of nitrogens with one attached hydrogen (secondary N) is 1. The maximum atomic E-state index is 11.5. The first-order chi connectivity index (χ1) is 6.10. The maximum absolute atomic E-state index is 11.5. The van der Waals surface area contributed by atoms with Gasteiger partial charge in [-0.15, -0.1) is 0 Å². The van der Waals surface area contributed by atoms with Crippen LogP contribution in [0, 0.1) is 5.41 Å². The number of hydrogen-bond acceptors (Lipinski definition) is 3. The largest absolute Gasteiger partial charge is 0.390 e. The number of carbonyl (C=O) groups excluding carboxylic acids is 1. The molecule has 2 bridgehead atoms. The Hall–Kier alpha value is -0.610. The predicted molar refractivity (Wildman–Crippen MR) is 47.4 cm³/mol. The number of fused-ring (bicyclic) bond motifs is 3. The van der Waals surface area contributed by atoms with Crippen molar-refractivity contribution in [2.24, 2.45) is 11.3 Å². The molecule has 0 aromatic heterocycles. The fourth-order valence-corrected chi connectivity index (χ4v) is 2.66. The summed E-state index contributed by atoms with van der Waals surface area (Å²) in [5.74, 6) is 5.10. The van der Waals surface area contributed by atoms with Gasteiger partial charge < -0.3 is 5.11 Å². The topological polar surface area (TPSA) is 75.3 Å². The molecule has 3 aliphatic rings. The summed E-state index contributed by atoms with van der Waals surface area (Å²) in [6.45, 7) is 0. The standard InChI is InChI=1S/C9H16N2O2/c10-11-7(12)8-1-4-9(13,5-2-8)6-3-8/h13H,1-6,10H2,(H,11,12). The van der Waals surface area contributed by atoms with Gasteiger partial charge in [-0.3, -0.25) is 10.2 Å². The van der Waals surface area contributed by atoms with Crippen LogP contribution in [0.2, 0.25) is 0 Å². The highest BCUT2D eigenvalue weighted by Gasteiger charge is 2.51. The molecule has 0 aromatic rings. The number of amides is 1. The fraction of sp³-hybridized carbons (Fsp3) is 0.889. The first kappa shape index (κ1) is 8.97. The zero-order chi connectivity index (χ0) is 9.53. The Balaban J connectivity index is 2.15. The number of hydrazine groups is 1. The van der Waals surface area contributed by atoms with Crippen LogP contribution in [-0.4, -0.2) is 16.6 Å². The molecule has 0 radical (unpaired) electrons. The molecule has 0 saturated heterocycles. The molecule has 3 saturated carbocycles. The van der Waals surface area contributed by atoms with Crippen LogP contribution in [-0.2, 0) is 4.79 Å². The molecule has 1 amide bonds. The molecule has 13 heavy (non-hydrogen) atoms. The fourth-order valence-electron chi connectivity index (χ4n) is 2.66. The minimum Gasteiger partial charge on any atom is -0.390 e. The van der Waals surface area contributed by atoms with Gasteiger partial charge in [-0.1, -0.05) is 0 Å². The van der Waals surface area contributed by atoms with Gasteiger partial charge in [0, 0.05) is 0 Å². The summed E-state index contributed by atoms with van der Waals surface area (Å²) in [4.78, 5) is 11.5. The van der Waals surface area contributed by atoms with Crippen molar-refractivity contribution < 1.29 is 9.90 Å². The van der Waals surface area contributed by atoms with Gasteiger partial charge in [0.2, 0.25) is 5.91 Å². The third-order valence-corrected chi connectivity index (χ3v) is 3.82. The first-order valence-electron chi connectivity index (χ1n) is 4.84. The zero-order valence-corrected chi connectivity index (χ0v) is 7.68. The van der Waals surface area contributed by atoms with Crippen molar-refractivity contribution in [3.63, 3.8) is 0 Å². The summed E-state index contributed by atoms with van der Waals surface area (Å²) in [5, 5.41) is 9.92. The molecule has 0 spiro atoms. The number of aliphatic hydroxyl groups is 1. The number of rotatable bonds is 1. The number of carbonyl (C=O) groups is 1. The summed E-state index contributed by atoms with van der Waals surface area (Å²) >= 11 is 0. The lowest BCUT2D eigenvalue weighted by Crippen LogP contribution is -2.54. The molecular formula is C9H16N2O2. The van der Waals surface area contributed by atoms with Gasteiger partial charge in [-0.05, 0) is 38.5 Å². The Labute approximate surface area is 77.5 Å². The summed E-state index contributed by atoms with van der Waals surface area (Å²) in [5.41, 5.74) is 1.50. The Morgan fingerprint density at radius 1 is 1.15 bits per heavy atom. The normalized spacial score (nSPS) is 43.2. The third kappa shape index (κ3) is 1.25. The van der Waals surface area contributed by atoms with E-state index in [2.05, 4.69) is 5.43 Å². The van der Waals surface area contributed by atoms with E-state index in [4.69, 9.17) is 5.84 Å². The van der Waals surface area contributed by atoms with E-state index < -0.39 is 5.60 Å². The molecule has 4 heteroatoms. The van der Waals surface area contributed by atoms with Crippen LogP contribution in [0.3, 0.4) is 0 Å². The van der Waals surface area contributed by atoms with E-state index in [0.29, 0.717) is 0 Å². The van der Waals surface area contributed by atoms with Gasteiger partial charge in [0.25, 0.3) is 0 Å². The summed E-state index contributed by atoms with van der Waals surface area (Å²) in [7, 11) is 0. The van der Waals surface area contributed by atoms with Crippen LogP contribution < -0.4 is 11.3 Å². The average Bonchev–Trinajstić information content (AvgIpc) is 2.18. The van der Waals surface area contributed by atoms with Crippen LogP contribution in [0.15, 0.2) is 0 Å². The Morgan fingerprint density at radius 3 is 2.00 bits per heavy atom. The molecule has 0 aromatic carbocycles. The van der Waals surface area contributed by atoms with Gasteiger partial charge in [-0.25, -0.2) is 5.84 Å². The zero-order valence-electron chi connectivity index (χ0n) is 7.68. The SMILES string of the molecule is NNC(=O)C12CCC(O)(CC1)CC2. The van der Waals surface area contributed by atoms with Gasteiger partial charge >= 0.3 is 0 Å². The molecular weight excluding hydrogens is 168 g/mol. The highest BCUT2D eigenvalue weighted by molar-refractivity contribution is 5.82. The van der Waals surface area contributed by atoms with E-state index in [1.165, 1.54) is 0 Å². The van der Waals surface area contributed by atoms with Crippen LogP contribution in [0.4, 0.5) is 0 Å². The lowest BCUT2D eigenvalue weighted by Gasteiger charge is -2.49. The quantitative estimate of drug-likeness (QED) is 0.306. The monoisotopic (exact) mass is 184 g/mol. The summed E-state index contributed by atoms with van der Waals surface area (Å²) in [6, 6.07) is 0. The molecule has 0 unspecified atom stereocenters. The second-order valence-corrected chi connectivity index (χ2v) is 4.48. The third-order valence-electron chi connectivity index (χ3n) is 3.82. The van der Waals surface area contributed by atoms with Crippen molar-refractivity contribution in [1.82, 2.24) is 5.43 Å². The van der Waals surface area contributed by atoms with Crippen molar-refractivity contribution in [3.8, 4) is 0 Å². The first-order valence-corrected chi connectivity index (χ1v) is 4.84. The summed E-state index contributed by atoms with van der Waals surface area (Å²) in [6.07, 6.45) is 4.60. The van der Waals surface area contributed by atoms with E-state index >= 15 is 0 Å². The highest BCUT2D eigenvalue weighted by Crippen LogP contribution is 2.52. The second kappa shape index (κ2) is 2.69. The van der Waals surface area contributed by atoms with Crippen LogP contribution in [0.25, 0.3) is 0 Å². The van der Waals surface area contributed by atoms with E-state index in [-0.39, 0.29) is 11.3 Å². The Morgan fingerprint density at radius 2 is 1.62 bits per heavy atom. The van der Waals surface area contributed by atoms with Crippen molar-refractivity contribution in [2.45, 2.75) is 44.1 Å². The molecule has 3 aliphatic carbocycles. The molecule has 3 fully saturated rings. The van der Waals surface area contributed by atoms with E-state index in [1.807, 2.05) is 0 Å². The molecule has 4 N–H and O–H groups in total. The van der Waals surface area contributed by atoms with Crippen LogP contribution in [0.5, 0.6) is 0 Å². The Kier molecular flexibility index (Phi) is 1.85. The summed E-state index contributed by atoms with van der Waals surface area (Å²) < 4.78 is 0. The average molecular weight is 184 g/mol. The molecule has 74 valence electrons. The van der Waals surface area contributed by atoms with Crippen LogP contribution in [0.1, 0.15) is 38.5 Å². The van der Waals surface area contributed by atoms with Gasteiger partial charge in [0.15, 0.2) is 0 Å². The van der Waals surface area contributed by atoms with Crippen molar-refractivity contribution in [1.29, 1.82) is 0 Å². The van der Waals surface area contributed by atoms with E-state index in [1.54, 1.807) is 0 Å². The van der Waals surface area contributed by atoms with Crippen molar-refractivity contribution >= 4 is 5.91 Å².